The molecule has 2 fully saturated rings. The molecular formula is C40H58ClN3O10S2. The fourth-order valence-electron chi connectivity index (χ4n) is 7.28. The average molecular weight is 841 g/mol. The summed E-state index contributed by atoms with van der Waals surface area (Å²) < 4.78 is 29.4. The van der Waals surface area contributed by atoms with Gasteiger partial charge in [0.25, 0.3) is 0 Å². The molecule has 3 amide bonds. The lowest BCUT2D eigenvalue weighted by Crippen LogP contribution is -2.63. The fraction of sp³-hybridized carbons (Fsp3) is 0.650. The van der Waals surface area contributed by atoms with E-state index in [0.29, 0.717) is 30.2 Å². The maximum Gasteiger partial charge on any atom is 0.409 e. The van der Waals surface area contributed by atoms with Crippen molar-refractivity contribution in [2.24, 2.45) is 11.8 Å². The van der Waals surface area contributed by atoms with E-state index in [1.807, 2.05) is 26.2 Å². The number of alkyl carbamates (subject to hydrolysis) is 1. The maximum atomic E-state index is 14.2. The summed E-state index contributed by atoms with van der Waals surface area (Å²) in [6, 6.07) is 2.63. The smallest absolute Gasteiger partial charge is 0.409 e. The minimum Gasteiger partial charge on any atom is -0.495 e. The predicted molar refractivity (Wildman–Crippen MR) is 220 cm³/mol. The van der Waals surface area contributed by atoms with E-state index in [1.165, 1.54) is 24.0 Å². The Morgan fingerprint density at radius 1 is 1.21 bits per heavy atom. The molecule has 3 aliphatic rings. The Bertz CT molecular complexity index is 1680. The van der Waals surface area contributed by atoms with Crippen molar-refractivity contribution in [3.8, 4) is 5.75 Å². The predicted octanol–water partition coefficient (Wildman–Crippen LogP) is 6.33. The van der Waals surface area contributed by atoms with Gasteiger partial charge < -0.3 is 38.6 Å². The zero-order valence-electron chi connectivity index (χ0n) is 34.3. The summed E-state index contributed by atoms with van der Waals surface area (Å²) in [5, 5.41) is 14.8. The van der Waals surface area contributed by atoms with Gasteiger partial charge in [0.2, 0.25) is 11.8 Å². The van der Waals surface area contributed by atoms with Crippen molar-refractivity contribution in [3.63, 3.8) is 0 Å². The molecule has 16 heteroatoms. The van der Waals surface area contributed by atoms with E-state index in [-0.39, 0.29) is 35.4 Å². The number of benzene rings is 1. The summed E-state index contributed by atoms with van der Waals surface area (Å²) in [5.41, 5.74) is -0.896. The first-order valence-corrected chi connectivity index (χ1v) is 21.8. The van der Waals surface area contributed by atoms with E-state index in [9.17, 15) is 24.3 Å². The highest BCUT2D eigenvalue weighted by molar-refractivity contribution is 8.76. The molecule has 0 spiro atoms. The number of halogens is 1. The lowest BCUT2D eigenvalue weighted by atomic mass is 9.83. The number of methoxy groups -OCH3 is 2. The van der Waals surface area contributed by atoms with Crippen LogP contribution < -0.4 is 15.0 Å². The maximum absolute atomic E-state index is 14.2. The lowest BCUT2D eigenvalue weighted by molar-refractivity contribution is -0.162. The SMILES string of the molecule is COc1cc2cc(c1Cl)N(C)C(=O)C[C@H](OC(=O)[C@H](C)N(C)C(=O)CCC(SSC)C(C)C)[C@]1(C)O[C@H]1[C@H](C)[C@@H]1C[C@@](O)(NC(=O)O1)[C@H](OC)/C=C/C=C(\C)C2. The largest absolute Gasteiger partial charge is 0.495 e. The first-order chi connectivity index (χ1) is 26.3. The van der Waals surface area contributed by atoms with Crippen molar-refractivity contribution in [2.75, 3.05) is 39.5 Å². The molecule has 9 atom stereocenters. The number of rotatable bonds is 11. The molecule has 3 heterocycles. The highest BCUT2D eigenvalue weighted by Gasteiger charge is 2.64. The normalized spacial score (nSPS) is 30.9. The zero-order valence-corrected chi connectivity index (χ0v) is 36.6. The first kappa shape index (κ1) is 45.7. The van der Waals surface area contributed by atoms with Gasteiger partial charge in [-0.25, -0.2) is 9.59 Å². The average Bonchev–Trinajstić information content (AvgIpc) is 3.84. The number of carbonyl (C=O) groups excluding carboxylic acids is 4. The third-order valence-electron chi connectivity index (χ3n) is 11.1. The topological polar surface area (TPSA) is 156 Å². The molecule has 4 bridgehead atoms. The Labute approximate surface area is 343 Å². The van der Waals surface area contributed by atoms with Crippen LogP contribution in [0.2, 0.25) is 5.02 Å². The van der Waals surface area contributed by atoms with E-state index >= 15 is 0 Å². The number of carbonyl (C=O) groups is 4. The highest BCUT2D eigenvalue weighted by Crippen LogP contribution is 2.49. The Morgan fingerprint density at radius 3 is 2.54 bits per heavy atom. The molecule has 312 valence electrons. The van der Waals surface area contributed by atoms with Crippen molar-refractivity contribution in [1.29, 1.82) is 0 Å². The fourth-order valence-corrected chi connectivity index (χ4v) is 9.97. The molecule has 0 radical (unpaired) electrons. The number of anilines is 1. The molecule has 1 aromatic rings. The van der Waals surface area contributed by atoms with E-state index in [1.54, 1.807) is 73.8 Å². The van der Waals surface area contributed by atoms with Crippen molar-refractivity contribution < 1.29 is 48.0 Å². The van der Waals surface area contributed by atoms with Crippen LogP contribution in [0.3, 0.4) is 0 Å². The minimum atomic E-state index is -1.83. The molecule has 0 aliphatic carbocycles. The van der Waals surface area contributed by atoms with E-state index in [2.05, 4.69) is 19.2 Å². The second-order valence-electron chi connectivity index (χ2n) is 15.5. The van der Waals surface area contributed by atoms with Crippen molar-refractivity contribution in [2.45, 2.75) is 121 Å². The Kier molecular flexibility index (Phi) is 15.7. The number of aliphatic hydroxyl groups is 1. The van der Waals surface area contributed by atoms with Crippen LogP contribution in [0, 0.1) is 11.8 Å². The minimum absolute atomic E-state index is 0.0469. The Morgan fingerprint density at radius 2 is 1.91 bits per heavy atom. The van der Waals surface area contributed by atoms with Crippen LogP contribution in [0.4, 0.5) is 10.5 Å². The van der Waals surface area contributed by atoms with Crippen LogP contribution in [0.1, 0.15) is 72.8 Å². The van der Waals surface area contributed by atoms with Crippen LogP contribution in [0.15, 0.2) is 35.9 Å². The monoisotopic (exact) mass is 839 g/mol. The second-order valence-corrected chi connectivity index (χ2v) is 18.6. The zero-order chi connectivity index (χ0) is 41.7. The van der Waals surface area contributed by atoms with Crippen LogP contribution in [0.25, 0.3) is 0 Å². The van der Waals surface area contributed by atoms with Gasteiger partial charge in [0.1, 0.15) is 40.7 Å². The standard InChI is InChI=1S/C40H58ClN3O10S2/c1-22(2)30(56-55-11)15-16-33(45)43(7)25(5)37(47)53-32-20-34(46)44(8)27-18-26(19-28(50-9)35(27)41)17-23(3)13-12-14-31(51-10)40(49)21-29(52-38(48)42-40)24(4)36-39(32,6)54-36/h12-14,18-19,22,24-25,29-32,36,49H,15-17,20-21H2,1-11H3,(H,42,48)/b14-12+,23-13+/t24-,25+,29+,30?,31-,32+,36+,39+,40+/m1/s1. The first-order valence-electron chi connectivity index (χ1n) is 18.8. The van der Waals surface area contributed by atoms with Gasteiger partial charge in [0, 0.05) is 45.2 Å². The van der Waals surface area contributed by atoms with Gasteiger partial charge in [-0.3, -0.25) is 14.9 Å². The molecule has 1 unspecified atom stereocenters. The summed E-state index contributed by atoms with van der Waals surface area (Å²) in [6.07, 6.45) is 3.92. The number of ether oxygens (including phenoxy) is 5. The molecule has 3 aliphatic heterocycles. The van der Waals surface area contributed by atoms with E-state index in [0.717, 1.165) is 11.1 Å². The molecule has 4 rings (SSSR count). The van der Waals surface area contributed by atoms with Gasteiger partial charge in [-0.2, -0.15) is 0 Å². The number of amides is 3. The van der Waals surface area contributed by atoms with Crippen molar-refractivity contribution in [1.82, 2.24) is 10.2 Å². The third kappa shape index (κ3) is 10.6. The van der Waals surface area contributed by atoms with Crippen LogP contribution in [-0.2, 0) is 39.8 Å². The number of hydrogen-bond donors (Lipinski definition) is 2. The van der Waals surface area contributed by atoms with Gasteiger partial charge in [-0.15, -0.1) is 0 Å². The van der Waals surface area contributed by atoms with Gasteiger partial charge in [-0.05, 0) is 63.5 Å². The number of esters is 1. The lowest BCUT2D eigenvalue weighted by Gasteiger charge is -2.42. The van der Waals surface area contributed by atoms with Gasteiger partial charge in [0.05, 0.1) is 25.3 Å². The second kappa shape index (κ2) is 19.2. The number of fused-ring (bicyclic) bond motifs is 5. The Balaban J connectivity index is 1.70. The molecule has 56 heavy (non-hydrogen) atoms. The number of likely N-dealkylation sites (N-methyl/N-ethyl adjacent to an activating group) is 1. The molecule has 0 saturated carbocycles. The number of allylic oxidation sites excluding steroid dienone is 3. The number of epoxide rings is 1. The molecule has 2 N–H and O–H groups in total. The summed E-state index contributed by atoms with van der Waals surface area (Å²) in [4.78, 5) is 57.1. The molecule has 0 aromatic heterocycles. The number of nitrogens with one attached hydrogen (secondary N) is 1. The third-order valence-corrected chi connectivity index (χ3v) is 14.0. The quantitative estimate of drug-likeness (QED) is 0.145. The molecule has 2 saturated heterocycles. The number of nitrogens with zero attached hydrogens (tertiary/aromatic N) is 2. The van der Waals surface area contributed by atoms with Crippen LogP contribution in [-0.4, -0.2) is 115 Å². The summed E-state index contributed by atoms with van der Waals surface area (Å²) >= 11 is 6.79. The van der Waals surface area contributed by atoms with Crippen molar-refractivity contribution >= 4 is 62.8 Å². The van der Waals surface area contributed by atoms with Crippen LogP contribution >= 0.6 is 33.2 Å². The summed E-state index contributed by atoms with van der Waals surface area (Å²) in [7, 11) is 9.49. The number of hydrogen-bond acceptors (Lipinski definition) is 12. The molecule has 13 nitrogen and oxygen atoms in total. The van der Waals surface area contributed by atoms with Gasteiger partial charge >= 0.3 is 12.1 Å². The summed E-state index contributed by atoms with van der Waals surface area (Å²) in [5.74, 6) is -1.10. The van der Waals surface area contributed by atoms with Crippen molar-refractivity contribution in [3.05, 3.63) is 46.5 Å². The van der Waals surface area contributed by atoms with E-state index < -0.39 is 65.7 Å². The Hall–Kier alpha value is -2.95. The highest BCUT2D eigenvalue weighted by atomic mass is 35.5. The van der Waals surface area contributed by atoms with E-state index in [4.69, 9.17) is 35.3 Å². The van der Waals surface area contributed by atoms with Gasteiger partial charge in [-0.1, -0.05) is 77.8 Å². The molecule has 1 aromatic carbocycles. The van der Waals surface area contributed by atoms with Crippen LogP contribution in [0.5, 0.6) is 5.75 Å². The van der Waals surface area contributed by atoms with Gasteiger partial charge in [0.15, 0.2) is 5.72 Å². The molecular weight excluding hydrogens is 782 g/mol. The summed E-state index contributed by atoms with van der Waals surface area (Å²) in [6.45, 7) is 11.3.